The standard InChI is InChI=1S/C24H25F2N5O3S.CH4/c1-33-17-6-4-15(5-7-17)10-30-22-19(21-27-14-28-31(21)23(30)32)20-18(35-22)11-29(13-24(20,25)26)9-16-3-2-8-34-12-16;/h4-7,14,16H,2-3,8-13H2,1H3;1H4. The van der Waals surface area contributed by atoms with Crippen molar-refractivity contribution in [2.45, 2.75) is 39.3 Å². The number of hydrogen-bond acceptors (Lipinski definition) is 7. The first-order valence-electron chi connectivity index (χ1n) is 11.6. The molecule has 2 aliphatic heterocycles. The Balaban J connectivity index is 0.00000267. The van der Waals surface area contributed by atoms with Crippen LogP contribution in [0.1, 0.15) is 36.3 Å². The van der Waals surface area contributed by atoms with Crippen LogP contribution in [-0.2, 0) is 23.7 Å². The fourth-order valence-electron chi connectivity index (χ4n) is 5.23. The predicted octanol–water partition coefficient (Wildman–Crippen LogP) is 4.13. The molecule has 0 amide bonds. The third-order valence-corrected chi connectivity index (χ3v) is 8.01. The van der Waals surface area contributed by atoms with Crippen molar-refractivity contribution in [2.24, 2.45) is 5.92 Å². The first-order valence-corrected chi connectivity index (χ1v) is 12.5. The van der Waals surface area contributed by atoms with Gasteiger partial charge in [-0.3, -0.25) is 9.47 Å². The van der Waals surface area contributed by atoms with Gasteiger partial charge >= 0.3 is 5.69 Å². The highest BCUT2D eigenvalue weighted by molar-refractivity contribution is 7.19. The molecular formula is C25H29F2N5O3S. The van der Waals surface area contributed by atoms with Gasteiger partial charge < -0.3 is 9.47 Å². The van der Waals surface area contributed by atoms with E-state index in [2.05, 4.69) is 10.1 Å². The second kappa shape index (κ2) is 9.53. The van der Waals surface area contributed by atoms with E-state index < -0.39 is 11.6 Å². The van der Waals surface area contributed by atoms with Crippen LogP contribution in [0, 0.1) is 5.92 Å². The predicted molar refractivity (Wildman–Crippen MR) is 134 cm³/mol. The van der Waals surface area contributed by atoms with Crippen LogP contribution in [0.15, 0.2) is 35.4 Å². The molecule has 4 aromatic rings. The minimum Gasteiger partial charge on any atom is -0.497 e. The summed E-state index contributed by atoms with van der Waals surface area (Å²) in [5, 5.41) is 4.37. The van der Waals surface area contributed by atoms with E-state index in [1.54, 1.807) is 7.11 Å². The van der Waals surface area contributed by atoms with Crippen LogP contribution in [-0.4, -0.2) is 57.5 Å². The lowest BCUT2D eigenvalue weighted by molar-refractivity contribution is -0.0594. The summed E-state index contributed by atoms with van der Waals surface area (Å²) in [6.07, 6.45) is 3.20. The van der Waals surface area contributed by atoms with E-state index in [0.29, 0.717) is 40.5 Å². The molecule has 0 radical (unpaired) electrons. The lowest BCUT2D eigenvalue weighted by Crippen LogP contribution is -2.43. The third kappa shape index (κ3) is 4.18. The Morgan fingerprint density at radius 3 is 2.81 bits per heavy atom. The topological polar surface area (TPSA) is 73.9 Å². The van der Waals surface area contributed by atoms with Crippen molar-refractivity contribution in [3.05, 3.63) is 57.1 Å². The maximum atomic E-state index is 15.7. The average molecular weight is 518 g/mol. The number of methoxy groups -OCH3 is 1. The number of fused-ring (bicyclic) bond motifs is 5. The summed E-state index contributed by atoms with van der Waals surface area (Å²) in [5.41, 5.74) is 0.613. The van der Waals surface area contributed by atoms with Gasteiger partial charge in [-0.25, -0.2) is 9.78 Å². The number of rotatable bonds is 5. The normalized spacial score (nSPS) is 19.8. The summed E-state index contributed by atoms with van der Waals surface area (Å²) in [7, 11) is 1.59. The molecular weight excluding hydrogens is 488 g/mol. The zero-order valence-corrected chi connectivity index (χ0v) is 20.1. The SMILES string of the molecule is C.COc1ccc(Cn2c(=O)n3ncnc3c3c4c(sc32)CN(CC2CCCOC2)CC4(F)F)cc1. The molecule has 1 aromatic carbocycles. The van der Waals surface area contributed by atoms with Crippen LogP contribution < -0.4 is 10.4 Å². The van der Waals surface area contributed by atoms with Gasteiger partial charge in [0.15, 0.2) is 5.65 Å². The summed E-state index contributed by atoms with van der Waals surface area (Å²) in [5.74, 6) is -2.12. The lowest BCUT2D eigenvalue weighted by Gasteiger charge is -2.35. The number of halogens is 2. The van der Waals surface area contributed by atoms with E-state index >= 15 is 8.78 Å². The average Bonchev–Trinajstić information content (AvgIpc) is 3.48. The molecule has 3 aromatic heterocycles. The summed E-state index contributed by atoms with van der Waals surface area (Å²) >= 11 is 1.26. The number of ether oxygens (including phenoxy) is 2. The van der Waals surface area contributed by atoms with Gasteiger partial charge in [-0.2, -0.15) is 18.4 Å². The van der Waals surface area contributed by atoms with Crippen molar-refractivity contribution in [2.75, 3.05) is 33.4 Å². The molecule has 0 bridgehead atoms. The third-order valence-electron chi connectivity index (χ3n) is 6.82. The first kappa shape index (κ1) is 24.8. The molecule has 1 fully saturated rings. The quantitative estimate of drug-likeness (QED) is 0.396. The second-order valence-corrected chi connectivity index (χ2v) is 10.3. The summed E-state index contributed by atoms with van der Waals surface area (Å²) in [4.78, 5) is 20.4. The van der Waals surface area contributed by atoms with Gasteiger partial charge in [0.2, 0.25) is 0 Å². The minimum absolute atomic E-state index is 0. The van der Waals surface area contributed by atoms with E-state index in [9.17, 15) is 4.79 Å². The highest BCUT2D eigenvalue weighted by Gasteiger charge is 2.45. The van der Waals surface area contributed by atoms with Gasteiger partial charge in [0.05, 0.1) is 37.8 Å². The van der Waals surface area contributed by atoms with Crippen molar-refractivity contribution in [1.82, 2.24) is 24.1 Å². The van der Waals surface area contributed by atoms with Crippen molar-refractivity contribution >= 4 is 27.2 Å². The molecule has 11 heteroatoms. The van der Waals surface area contributed by atoms with Crippen LogP contribution in [0.3, 0.4) is 0 Å². The van der Waals surface area contributed by atoms with Gasteiger partial charge in [0.1, 0.15) is 16.9 Å². The highest BCUT2D eigenvalue weighted by atomic mass is 32.1. The Hall–Kier alpha value is -2.89. The van der Waals surface area contributed by atoms with E-state index in [4.69, 9.17) is 9.47 Å². The summed E-state index contributed by atoms with van der Waals surface area (Å²) in [6, 6.07) is 7.34. The number of aromatic nitrogens is 4. The zero-order valence-electron chi connectivity index (χ0n) is 19.2. The fraction of sp³-hybridized carbons (Fsp3) is 0.480. The Morgan fingerprint density at radius 2 is 2.08 bits per heavy atom. The molecule has 0 aliphatic carbocycles. The van der Waals surface area contributed by atoms with Crippen LogP contribution in [0.5, 0.6) is 5.75 Å². The Labute approximate surface area is 211 Å². The molecule has 0 N–H and O–H groups in total. The molecule has 1 atom stereocenters. The maximum absolute atomic E-state index is 15.7. The lowest BCUT2D eigenvalue weighted by atomic mass is 9.97. The molecule has 1 saturated heterocycles. The van der Waals surface area contributed by atoms with Gasteiger partial charge in [-0.05, 0) is 36.5 Å². The van der Waals surface area contributed by atoms with Gasteiger partial charge in [-0.1, -0.05) is 19.6 Å². The second-order valence-electron chi connectivity index (χ2n) is 9.25. The number of nitrogens with zero attached hydrogens (tertiary/aromatic N) is 5. The van der Waals surface area contributed by atoms with Gasteiger partial charge in [0, 0.05) is 24.6 Å². The van der Waals surface area contributed by atoms with Crippen LogP contribution in [0.2, 0.25) is 0 Å². The molecule has 36 heavy (non-hydrogen) atoms. The fourth-order valence-corrected chi connectivity index (χ4v) is 6.61. The molecule has 6 rings (SSSR count). The number of alkyl halides is 2. The van der Waals surface area contributed by atoms with Gasteiger partial charge in [-0.15, -0.1) is 11.3 Å². The molecule has 0 spiro atoms. The smallest absolute Gasteiger partial charge is 0.352 e. The van der Waals surface area contributed by atoms with Gasteiger partial charge in [0.25, 0.3) is 5.92 Å². The number of thiophene rings is 1. The van der Waals surface area contributed by atoms with Crippen molar-refractivity contribution in [3.63, 3.8) is 0 Å². The van der Waals surface area contributed by atoms with E-state index in [1.165, 1.54) is 22.2 Å². The molecule has 0 saturated carbocycles. The molecule has 5 heterocycles. The molecule has 1 unspecified atom stereocenters. The van der Waals surface area contributed by atoms with Crippen LogP contribution in [0.4, 0.5) is 8.78 Å². The molecule has 192 valence electrons. The summed E-state index contributed by atoms with van der Waals surface area (Å²) < 4.78 is 44.9. The first-order chi connectivity index (χ1) is 16.9. The summed E-state index contributed by atoms with van der Waals surface area (Å²) in [6.45, 7) is 2.21. The van der Waals surface area contributed by atoms with E-state index in [-0.39, 0.29) is 37.6 Å². The largest absolute Gasteiger partial charge is 0.497 e. The van der Waals surface area contributed by atoms with E-state index in [1.807, 2.05) is 29.2 Å². The monoisotopic (exact) mass is 517 g/mol. The van der Waals surface area contributed by atoms with Crippen LogP contribution in [0.25, 0.3) is 15.9 Å². The van der Waals surface area contributed by atoms with Crippen molar-refractivity contribution in [3.8, 4) is 5.75 Å². The zero-order chi connectivity index (χ0) is 24.2. The number of benzene rings is 1. The Morgan fingerprint density at radius 1 is 1.28 bits per heavy atom. The Kier molecular flexibility index (Phi) is 6.56. The molecule has 8 nitrogen and oxygen atoms in total. The van der Waals surface area contributed by atoms with Crippen molar-refractivity contribution in [1.29, 1.82) is 0 Å². The molecule has 2 aliphatic rings. The Bertz CT molecular complexity index is 1440. The van der Waals surface area contributed by atoms with E-state index in [0.717, 1.165) is 29.5 Å². The number of hydrogen-bond donors (Lipinski definition) is 0. The van der Waals surface area contributed by atoms with Crippen LogP contribution >= 0.6 is 11.3 Å². The maximum Gasteiger partial charge on any atom is 0.352 e. The minimum atomic E-state index is -3.07. The highest BCUT2D eigenvalue weighted by Crippen LogP contribution is 2.46. The van der Waals surface area contributed by atoms with Crippen molar-refractivity contribution < 1.29 is 18.3 Å².